The molecule has 1 aliphatic heterocycles. The van der Waals surface area contributed by atoms with Gasteiger partial charge >= 0.3 is 0 Å². The number of carbonyl (C=O) groups excluding carboxylic acids is 2. The molecule has 0 bridgehead atoms. The summed E-state index contributed by atoms with van der Waals surface area (Å²) in [5.41, 5.74) is 6.45. The van der Waals surface area contributed by atoms with Crippen molar-refractivity contribution >= 4 is 11.8 Å². The van der Waals surface area contributed by atoms with E-state index in [0.29, 0.717) is 39.0 Å². The number of likely N-dealkylation sites (N-methyl/N-ethyl adjacent to an activating group) is 1. The van der Waals surface area contributed by atoms with Crippen LogP contribution in [0.1, 0.15) is 18.4 Å². The van der Waals surface area contributed by atoms with Gasteiger partial charge in [-0.05, 0) is 37.6 Å². The van der Waals surface area contributed by atoms with Crippen molar-refractivity contribution in [1.82, 2.24) is 9.80 Å². The van der Waals surface area contributed by atoms with Crippen molar-refractivity contribution < 1.29 is 14.3 Å². The van der Waals surface area contributed by atoms with E-state index < -0.39 is 0 Å². The summed E-state index contributed by atoms with van der Waals surface area (Å²) in [5, 5.41) is 0. The first-order chi connectivity index (χ1) is 11.0. The molecule has 0 radical (unpaired) electrons. The molecule has 1 saturated heterocycles. The Morgan fingerprint density at radius 3 is 2.39 bits per heavy atom. The fourth-order valence-electron chi connectivity index (χ4n) is 2.84. The molecule has 0 atom stereocenters. The van der Waals surface area contributed by atoms with Crippen molar-refractivity contribution in [1.29, 1.82) is 0 Å². The lowest BCUT2D eigenvalue weighted by atomic mass is 9.96. The average Bonchev–Trinajstić information content (AvgIpc) is 2.55. The Bertz CT molecular complexity index is 537. The van der Waals surface area contributed by atoms with Crippen LogP contribution in [0.15, 0.2) is 24.3 Å². The van der Waals surface area contributed by atoms with E-state index in [1.54, 1.807) is 7.11 Å². The molecule has 0 saturated carbocycles. The summed E-state index contributed by atoms with van der Waals surface area (Å²) in [7, 11) is 3.57. The molecule has 1 fully saturated rings. The molecule has 23 heavy (non-hydrogen) atoms. The van der Waals surface area contributed by atoms with Crippen LogP contribution in [0, 0.1) is 5.92 Å². The second-order valence-electron chi connectivity index (χ2n) is 6.08. The highest BCUT2D eigenvalue weighted by Gasteiger charge is 2.26. The third-order valence-corrected chi connectivity index (χ3v) is 4.27. The Balaban J connectivity index is 1.79. The molecule has 0 aromatic heterocycles. The number of piperidine rings is 1. The van der Waals surface area contributed by atoms with Crippen molar-refractivity contribution in [3.63, 3.8) is 0 Å². The van der Waals surface area contributed by atoms with Crippen molar-refractivity contribution in [3.8, 4) is 5.75 Å². The molecule has 1 aromatic carbocycles. The number of amides is 2. The molecule has 1 heterocycles. The Morgan fingerprint density at radius 2 is 1.87 bits per heavy atom. The lowest BCUT2D eigenvalue weighted by Crippen LogP contribution is -2.45. The van der Waals surface area contributed by atoms with Gasteiger partial charge in [0.2, 0.25) is 11.8 Å². The zero-order chi connectivity index (χ0) is 16.8. The fraction of sp³-hybridized carbons (Fsp3) is 0.529. The van der Waals surface area contributed by atoms with Gasteiger partial charge in [-0.15, -0.1) is 0 Å². The van der Waals surface area contributed by atoms with Crippen LogP contribution < -0.4 is 10.5 Å². The van der Waals surface area contributed by atoms with Gasteiger partial charge in [-0.1, -0.05) is 12.1 Å². The lowest BCUT2D eigenvalue weighted by Gasteiger charge is -2.31. The summed E-state index contributed by atoms with van der Waals surface area (Å²) in [6, 6.07) is 7.83. The number of ether oxygens (including phenoxy) is 1. The number of likely N-dealkylation sites (tertiary alicyclic amines) is 1. The number of hydrogen-bond acceptors (Lipinski definition) is 4. The minimum Gasteiger partial charge on any atom is -0.497 e. The quantitative estimate of drug-likeness (QED) is 0.843. The number of rotatable bonds is 6. The van der Waals surface area contributed by atoms with Crippen LogP contribution in [-0.2, 0) is 16.1 Å². The highest BCUT2D eigenvalue weighted by molar-refractivity contribution is 5.80. The minimum atomic E-state index is -0.256. The minimum absolute atomic E-state index is 0.0870. The monoisotopic (exact) mass is 319 g/mol. The largest absolute Gasteiger partial charge is 0.497 e. The highest BCUT2D eigenvalue weighted by atomic mass is 16.5. The number of carbonyl (C=O) groups is 2. The smallest absolute Gasteiger partial charge is 0.236 e. The van der Waals surface area contributed by atoms with E-state index in [-0.39, 0.29) is 17.7 Å². The summed E-state index contributed by atoms with van der Waals surface area (Å²) < 4.78 is 5.14. The molecule has 126 valence electrons. The Kier molecular flexibility index (Phi) is 5.98. The maximum atomic E-state index is 12.3. The first-order valence-corrected chi connectivity index (χ1v) is 7.88. The molecule has 6 nitrogen and oxygen atoms in total. The first-order valence-electron chi connectivity index (χ1n) is 7.88. The average molecular weight is 319 g/mol. The molecule has 1 aliphatic rings. The van der Waals surface area contributed by atoms with Gasteiger partial charge in [-0.2, -0.15) is 0 Å². The second-order valence-corrected chi connectivity index (χ2v) is 6.08. The normalized spacial score (nSPS) is 15.7. The van der Waals surface area contributed by atoms with Gasteiger partial charge in [0, 0.05) is 25.6 Å². The molecule has 0 spiro atoms. The van der Waals surface area contributed by atoms with Crippen molar-refractivity contribution in [3.05, 3.63) is 29.8 Å². The predicted octanol–water partition coefficient (Wildman–Crippen LogP) is 0.851. The molecule has 0 aliphatic carbocycles. The first kappa shape index (κ1) is 17.3. The number of benzene rings is 1. The highest BCUT2D eigenvalue weighted by Crippen LogP contribution is 2.17. The van der Waals surface area contributed by atoms with Crippen molar-refractivity contribution in [2.75, 3.05) is 33.8 Å². The topological polar surface area (TPSA) is 75.9 Å². The van der Waals surface area contributed by atoms with Crippen LogP contribution in [0.25, 0.3) is 0 Å². The lowest BCUT2D eigenvalue weighted by molar-refractivity contribution is -0.135. The maximum Gasteiger partial charge on any atom is 0.236 e. The molecular weight excluding hydrogens is 294 g/mol. The molecule has 0 unspecified atom stereocenters. The molecule has 2 N–H and O–H groups in total. The van der Waals surface area contributed by atoms with Crippen LogP contribution in [0.5, 0.6) is 5.75 Å². The van der Waals surface area contributed by atoms with Gasteiger partial charge in [0.25, 0.3) is 0 Å². The standard InChI is InChI=1S/C17H25N3O3/c1-19(11-13-3-5-15(23-2)6-4-13)12-16(21)20-9-7-14(8-10-20)17(18)22/h3-6,14H,7-12H2,1-2H3,(H2,18,22). The van der Waals surface area contributed by atoms with Gasteiger partial charge in [0.1, 0.15) is 5.75 Å². The van der Waals surface area contributed by atoms with E-state index in [1.807, 2.05) is 41.1 Å². The summed E-state index contributed by atoms with van der Waals surface area (Å²) in [5.74, 6) is 0.582. The SMILES string of the molecule is COc1ccc(CN(C)CC(=O)N2CCC(C(N)=O)CC2)cc1. The number of nitrogens with zero attached hydrogens (tertiary/aromatic N) is 2. The van der Waals surface area contributed by atoms with E-state index >= 15 is 0 Å². The second kappa shape index (κ2) is 7.97. The van der Waals surface area contributed by atoms with Crippen LogP contribution in [0.3, 0.4) is 0 Å². The molecule has 2 amide bonds. The molecule has 1 aromatic rings. The van der Waals surface area contributed by atoms with Crippen LogP contribution in [0.2, 0.25) is 0 Å². The molecule has 6 heteroatoms. The van der Waals surface area contributed by atoms with E-state index in [4.69, 9.17) is 10.5 Å². The number of primary amides is 1. The molecule has 2 rings (SSSR count). The summed E-state index contributed by atoms with van der Waals surface area (Å²) in [4.78, 5) is 27.3. The van der Waals surface area contributed by atoms with Gasteiger partial charge in [0.15, 0.2) is 0 Å². The van der Waals surface area contributed by atoms with Crippen molar-refractivity contribution in [2.24, 2.45) is 11.7 Å². The van der Waals surface area contributed by atoms with Crippen LogP contribution >= 0.6 is 0 Å². The van der Waals surface area contributed by atoms with Gasteiger partial charge < -0.3 is 15.4 Å². The zero-order valence-electron chi connectivity index (χ0n) is 13.8. The van der Waals surface area contributed by atoms with Crippen LogP contribution in [0.4, 0.5) is 0 Å². The van der Waals surface area contributed by atoms with E-state index in [2.05, 4.69) is 0 Å². The van der Waals surface area contributed by atoms with Crippen LogP contribution in [-0.4, -0.2) is 55.4 Å². The Labute approximate surface area is 137 Å². The summed E-state index contributed by atoms with van der Waals surface area (Å²) in [6.45, 7) is 2.30. The van der Waals surface area contributed by atoms with Gasteiger partial charge in [0.05, 0.1) is 13.7 Å². The van der Waals surface area contributed by atoms with Gasteiger partial charge in [-0.25, -0.2) is 0 Å². The Morgan fingerprint density at radius 1 is 1.26 bits per heavy atom. The summed E-state index contributed by atoms with van der Waals surface area (Å²) in [6.07, 6.45) is 1.34. The van der Waals surface area contributed by atoms with Crippen molar-refractivity contribution in [2.45, 2.75) is 19.4 Å². The van der Waals surface area contributed by atoms with E-state index in [0.717, 1.165) is 11.3 Å². The van der Waals surface area contributed by atoms with Gasteiger partial charge in [-0.3, -0.25) is 14.5 Å². The maximum absolute atomic E-state index is 12.3. The zero-order valence-corrected chi connectivity index (χ0v) is 13.8. The molecular formula is C17H25N3O3. The number of nitrogens with two attached hydrogens (primary N) is 1. The van der Waals surface area contributed by atoms with E-state index in [1.165, 1.54) is 0 Å². The third kappa shape index (κ3) is 4.96. The number of hydrogen-bond donors (Lipinski definition) is 1. The Hall–Kier alpha value is -2.08. The third-order valence-electron chi connectivity index (χ3n) is 4.27. The fourth-order valence-corrected chi connectivity index (χ4v) is 2.84. The number of methoxy groups -OCH3 is 1. The summed E-state index contributed by atoms with van der Waals surface area (Å²) >= 11 is 0. The van der Waals surface area contributed by atoms with E-state index in [9.17, 15) is 9.59 Å². The predicted molar refractivity (Wildman–Crippen MR) is 87.8 cm³/mol.